The van der Waals surface area contributed by atoms with Crippen LogP contribution in [-0.4, -0.2) is 49.1 Å². The van der Waals surface area contributed by atoms with Crippen LogP contribution in [0.1, 0.15) is 32.6 Å². The molecule has 0 aliphatic heterocycles. The molecule has 2 aromatic heterocycles. The summed E-state index contributed by atoms with van der Waals surface area (Å²) >= 11 is 0. The topological polar surface area (TPSA) is 136 Å². The Morgan fingerprint density at radius 1 is 1.38 bits per heavy atom. The summed E-state index contributed by atoms with van der Waals surface area (Å²) in [7, 11) is 0. The van der Waals surface area contributed by atoms with Gasteiger partial charge in [0, 0.05) is 18.5 Å². The van der Waals surface area contributed by atoms with E-state index in [2.05, 4.69) is 37.7 Å². The van der Waals surface area contributed by atoms with Crippen molar-refractivity contribution in [1.29, 1.82) is 0 Å². The molecule has 10 nitrogen and oxygen atoms in total. The highest BCUT2D eigenvalue weighted by Crippen LogP contribution is 2.14. The minimum absolute atomic E-state index is 0.0673. The molecule has 0 bridgehead atoms. The standard InChI is InChI=1S/C16H23N7O3/c1-2-3-4-5-12(9-23(26)11-24)16(25)22-21-14-8-13(19-10-20-14)15-17-6-7-18-15/h6-8,10-12,26H,2-5,9H2,1H3,(H,17,18)(H,22,25)(H,19,20,21)/t12-/m0/s1. The second-order valence-electron chi connectivity index (χ2n) is 5.76. The summed E-state index contributed by atoms with van der Waals surface area (Å²) < 4.78 is 0. The highest BCUT2D eigenvalue weighted by atomic mass is 16.5. The Bertz CT molecular complexity index is 693. The van der Waals surface area contributed by atoms with Crippen LogP contribution in [0.15, 0.2) is 24.8 Å². The first-order valence-electron chi connectivity index (χ1n) is 8.42. The molecule has 1 atom stereocenters. The van der Waals surface area contributed by atoms with Crippen molar-refractivity contribution >= 4 is 18.1 Å². The van der Waals surface area contributed by atoms with E-state index in [-0.39, 0.29) is 18.9 Å². The molecule has 2 aromatic rings. The molecule has 0 saturated heterocycles. The number of unbranched alkanes of at least 4 members (excludes halogenated alkanes) is 2. The van der Waals surface area contributed by atoms with E-state index in [0.717, 1.165) is 19.3 Å². The largest absolute Gasteiger partial charge is 0.343 e. The number of hydrogen-bond acceptors (Lipinski definition) is 7. The number of nitrogens with zero attached hydrogens (tertiary/aromatic N) is 4. The summed E-state index contributed by atoms with van der Waals surface area (Å²) in [5.74, 6) is 0.111. The number of hydrogen-bond donors (Lipinski definition) is 4. The minimum Gasteiger partial charge on any atom is -0.343 e. The number of anilines is 1. The van der Waals surface area contributed by atoms with Crippen LogP contribution in [0.2, 0.25) is 0 Å². The number of carbonyl (C=O) groups excluding carboxylic acids is 2. The Hall–Kier alpha value is -3.01. The molecule has 2 heterocycles. The molecule has 2 rings (SSSR count). The van der Waals surface area contributed by atoms with Crippen molar-refractivity contribution in [3.63, 3.8) is 0 Å². The zero-order valence-electron chi connectivity index (χ0n) is 14.6. The van der Waals surface area contributed by atoms with Gasteiger partial charge < -0.3 is 4.98 Å². The van der Waals surface area contributed by atoms with Gasteiger partial charge in [0.05, 0.1) is 12.5 Å². The van der Waals surface area contributed by atoms with Crippen molar-refractivity contribution in [2.45, 2.75) is 32.6 Å². The van der Waals surface area contributed by atoms with E-state index in [1.54, 1.807) is 18.5 Å². The van der Waals surface area contributed by atoms with Gasteiger partial charge in [0.15, 0.2) is 5.82 Å². The van der Waals surface area contributed by atoms with E-state index in [4.69, 9.17) is 0 Å². The number of amides is 2. The molecule has 140 valence electrons. The van der Waals surface area contributed by atoms with Gasteiger partial charge in [0.25, 0.3) is 0 Å². The molecule has 0 aliphatic carbocycles. The molecule has 0 radical (unpaired) electrons. The molecule has 0 unspecified atom stereocenters. The lowest BCUT2D eigenvalue weighted by Crippen LogP contribution is -2.40. The van der Waals surface area contributed by atoms with Crippen LogP contribution in [0.5, 0.6) is 0 Å². The predicted molar refractivity (Wildman–Crippen MR) is 93.6 cm³/mol. The third-order valence-electron chi connectivity index (χ3n) is 3.78. The van der Waals surface area contributed by atoms with Gasteiger partial charge in [-0.25, -0.2) is 20.0 Å². The molecule has 0 aliphatic rings. The Labute approximate surface area is 151 Å². The van der Waals surface area contributed by atoms with Gasteiger partial charge in [0.1, 0.15) is 17.8 Å². The zero-order chi connectivity index (χ0) is 18.8. The van der Waals surface area contributed by atoms with Crippen LogP contribution >= 0.6 is 0 Å². The normalized spacial score (nSPS) is 11.6. The van der Waals surface area contributed by atoms with Crippen molar-refractivity contribution in [2.24, 2.45) is 5.92 Å². The van der Waals surface area contributed by atoms with Crippen LogP contribution in [0.3, 0.4) is 0 Å². The maximum atomic E-state index is 12.4. The minimum atomic E-state index is -0.532. The van der Waals surface area contributed by atoms with E-state index in [1.807, 2.05) is 0 Å². The Kier molecular flexibility index (Phi) is 7.49. The van der Waals surface area contributed by atoms with Gasteiger partial charge in [0.2, 0.25) is 12.3 Å². The highest BCUT2D eigenvalue weighted by molar-refractivity contribution is 5.80. The Morgan fingerprint density at radius 3 is 2.92 bits per heavy atom. The number of imidazole rings is 1. The molecular weight excluding hydrogens is 338 g/mol. The van der Waals surface area contributed by atoms with Gasteiger partial charge in [-0.1, -0.05) is 26.2 Å². The summed E-state index contributed by atoms with van der Waals surface area (Å²) in [6, 6.07) is 1.63. The fourth-order valence-electron chi connectivity index (χ4n) is 2.40. The van der Waals surface area contributed by atoms with Gasteiger partial charge in [-0.2, -0.15) is 0 Å². The van der Waals surface area contributed by atoms with Crippen molar-refractivity contribution in [3.05, 3.63) is 24.8 Å². The van der Waals surface area contributed by atoms with Gasteiger partial charge >= 0.3 is 0 Å². The lowest BCUT2D eigenvalue weighted by atomic mass is 10.0. The van der Waals surface area contributed by atoms with Crippen LogP contribution in [-0.2, 0) is 9.59 Å². The van der Waals surface area contributed by atoms with Crippen LogP contribution in [0.4, 0.5) is 5.82 Å². The Balaban J connectivity index is 1.95. The van der Waals surface area contributed by atoms with Crippen molar-refractivity contribution < 1.29 is 14.8 Å². The zero-order valence-corrected chi connectivity index (χ0v) is 14.6. The van der Waals surface area contributed by atoms with Crippen LogP contribution in [0.25, 0.3) is 11.5 Å². The Morgan fingerprint density at radius 2 is 2.23 bits per heavy atom. The summed E-state index contributed by atoms with van der Waals surface area (Å²) in [6.07, 6.45) is 8.31. The molecule has 26 heavy (non-hydrogen) atoms. The summed E-state index contributed by atoms with van der Waals surface area (Å²) in [6.45, 7) is 1.99. The van der Waals surface area contributed by atoms with E-state index < -0.39 is 5.92 Å². The molecule has 0 aromatic carbocycles. The number of aromatic amines is 1. The number of aromatic nitrogens is 4. The molecule has 2 amide bonds. The van der Waals surface area contributed by atoms with Crippen LogP contribution < -0.4 is 10.9 Å². The number of hydroxylamine groups is 2. The monoisotopic (exact) mass is 361 g/mol. The quantitative estimate of drug-likeness (QED) is 0.205. The van der Waals surface area contributed by atoms with Crippen molar-refractivity contribution in [2.75, 3.05) is 12.0 Å². The first-order valence-corrected chi connectivity index (χ1v) is 8.42. The number of rotatable bonds is 11. The number of hydrazine groups is 1. The summed E-state index contributed by atoms with van der Waals surface area (Å²) in [5.41, 5.74) is 5.87. The van der Waals surface area contributed by atoms with Gasteiger partial charge in [-0.3, -0.25) is 25.6 Å². The molecule has 0 spiro atoms. The third kappa shape index (κ3) is 5.81. The molecule has 10 heteroatoms. The lowest BCUT2D eigenvalue weighted by Gasteiger charge is -2.19. The van der Waals surface area contributed by atoms with Crippen LogP contribution in [0, 0.1) is 5.92 Å². The summed E-state index contributed by atoms with van der Waals surface area (Å²) in [4.78, 5) is 38.2. The van der Waals surface area contributed by atoms with E-state index in [9.17, 15) is 14.8 Å². The van der Waals surface area contributed by atoms with E-state index >= 15 is 0 Å². The predicted octanol–water partition coefficient (Wildman–Crippen LogP) is 1.35. The smallest absolute Gasteiger partial charge is 0.243 e. The molecule has 4 N–H and O–H groups in total. The maximum absolute atomic E-state index is 12.4. The summed E-state index contributed by atoms with van der Waals surface area (Å²) in [5, 5.41) is 9.88. The molecular formula is C16H23N7O3. The first kappa shape index (κ1) is 19.3. The van der Waals surface area contributed by atoms with Gasteiger partial charge in [-0.15, -0.1) is 0 Å². The average Bonchev–Trinajstić information content (AvgIpc) is 3.20. The SMILES string of the molecule is CCCCC[C@@H](CN(O)C=O)C(=O)NNc1cc(-c2ncc[nH]2)ncn1. The molecule has 0 fully saturated rings. The number of carbonyl (C=O) groups is 2. The van der Waals surface area contributed by atoms with E-state index in [0.29, 0.717) is 28.8 Å². The molecule has 0 saturated carbocycles. The van der Waals surface area contributed by atoms with Crippen molar-refractivity contribution in [3.8, 4) is 11.5 Å². The first-order chi connectivity index (χ1) is 12.6. The second kappa shape index (κ2) is 10.1. The number of nitrogens with one attached hydrogen (secondary N) is 3. The highest BCUT2D eigenvalue weighted by Gasteiger charge is 2.20. The average molecular weight is 361 g/mol. The second-order valence-corrected chi connectivity index (χ2v) is 5.76. The van der Waals surface area contributed by atoms with Crippen molar-refractivity contribution in [1.82, 2.24) is 30.4 Å². The lowest BCUT2D eigenvalue weighted by molar-refractivity contribution is -0.154. The van der Waals surface area contributed by atoms with E-state index in [1.165, 1.54) is 6.33 Å². The fraction of sp³-hybridized carbons (Fsp3) is 0.438. The third-order valence-corrected chi connectivity index (χ3v) is 3.78. The number of H-pyrrole nitrogens is 1. The fourth-order valence-corrected chi connectivity index (χ4v) is 2.40. The van der Waals surface area contributed by atoms with Gasteiger partial charge in [-0.05, 0) is 6.42 Å². The maximum Gasteiger partial charge on any atom is 0.243 e.